The number of aryl methyl sites for hydroxylation is 1. The fraction of sp³-hybridized carbons (Fsp3) is 0.143. The van der Waals surface area contributed by atoms with Crippen molar-refractivity contribution in [2.75, 3.05) is 9.80 Å². The van der Waals surface area contributed by atoms with E-state index in [1.54, 1.807) is 12.3 Å². The molecule has 3 heterocycles. The first-order chi connectivity index (χ1) is 34.1. The Morgan fingerprint density at radius 2 is 1.14 bits per heavy atom. The van der Waals surface area contributed by atoms with Gasteiger partial charge >= 0.3 is 0 Å². The molecule has 0 atom stereocenters. The van der Waals surface area contributed by atoms with E-state index in [2.05, 4.69) is 185 Å². The number of anilines is 4. The summed E-state index contributed by atoms with van der Waals surface area (Å²) in [7, 11) is 0. The maximum Gasteiger partial charge on any atom is 0.135 e. The minimum Gasteiger partial charge on any atom is -0.509 e. The number of hydrogen-bond donors (Lipinski definition) is 0. The quantitative estimate of drug-likeness (QED) is 0.142. The first-order valence-corrected chi connectivity index (χ1v) is 23.2. The third kappa shape index (κ3) is 8.55. The normalized spacial score (nSPS) is 13.4. The second kappa shape index (κ2) is 18.0. The molecule has 69 heavy (non-hydrogen) atoms. The Balaban J connectivity index is 0.00000596. The molecule has 6 heteroatoms. The summed E-state index contributed by atoms with van der Waals surface area (Å²) < 4.78 is 34.6. The van der Waals surface area contributed by atoms with Gasteiger partial charge in [0.15, 0.2) is 0 Å². The molecular weight excluding hydrogens is 1020 g/mol. The summed E-state index contributed by atoms with van der Waals surface area (Å²) >= 11 is 0. The predicted molar refractivity (Wildman–Crippen MR) is 283 cm³/mol. The number of fused-ring (bicyclic) bond motifs is 4. The van der Waals surface area contributed by atoms with Gasteiger partial charge in [0.2, 0.25) is 0 Å². The average Bonchev–Trinajstić information content (AvgIpc) is 3.92. The number of pyridine rings is 1. The number of para-hydroxylation sites is 4. The Morgan fingerprint density at radius 3 is 1.81 bits per heavy atom. The van der Waals surface area contributed by atoms with E-state index >= 15 is 0 Å². The number of rotatable bonds is 8. The van der Waals surface area contributed by atoms with E-state index in [4.69, 9.17) is 13.8 Å². The van der Waals surface area contributed by atoms with Crippen molar-refractivity contribution >= 4 is 44.6 Å². The molecule has 344 valence electrons. The van der Waals surface area contributed by atoms with Crippen LogP contribution >= 0.6 is 0 Å². The summed E-state index contributed by atoms with van der Waals surface area (Å²) in [4.78, 5) is 9.45. The molecule has 1 aliphatic rings. The summed E-state index contributed by atoms with van der Waals surface area (Å²) in [6.07, 6.45) is 1.67. The van der Waals surface area contributed by atoms with Gasteiger partial charge in [-0.3, -0.25) is 0 Å². The van der Waals surface area contributed by atoms with Gasteiger partial charge in [0.05, 0.1) is 0 Å². The van der Waals surface area contributed by atoms with Gasteiger partial charge < -0.3 is 19.1 Å². The van der Waals surface area contributed by atoms with Gasteiger partial charge in [0.25, 0.3) is 0 Å². The molecule has 0 unspecified atom stereocenters. The fourth-order valence-electron chi connectivity index (χ4n) is 9.37. The zero-order chi connectivity index (χ0) is 49.2. The summed E-state index contributed by atoms with van der Waals surface area (Å²) in [6, 6.07) is 69.5. The summed E-state index contributed by atoms with van der Waals surface area (Å²) in [6.45, 7) is 13.2. The van der Waals surface area contributed by atoms with Gasteiger partial charge in [-0.1, -0.05) is 181 Å². The van der Waals surface area contributed by atoms with Crippen LogP contribution in [0.15, 0.2) is 188 Å². The Kier molecular flexibility index (Phi) is 11.0. The number of aromatic nitrogens is 2. The molecule has 0 radical (unpaired) electrons. The van der Waals surface area contributed by atoms with Gasteiger partial charge in [-0.15, -0.1) is 53.6 Å². The van der Waals surface area contributed by atoms with Crippen molar-refractivity contribution in [1.29, 1.82) is 0 Å². The van der Waals surface area contributed by atoms with Crippen LogP contribution in [-0.2, 0) is 31.9 Å². The van der Waals surface area contributed by atoms with Gasteiger partial charge in [-0.2, -0.15) is 6.07 Å². The molecule has 1 aliphatic heterocycles. The monoisotopic (exact) mass is 1080 g/mol. The molecular formula is C63H53N4OPt-3. The van der Waals surface area contributed by atoms with Crippen molar-refractivity contribution in [3.05, 3.63) is 224 Å². The first-order valence-electron chi connectivity index (χ1n) is 24.7. The molecule has 0 saturated heterocycles. The SMILES string of the molecule is [2H]C([2H])([2H])c1cc(-n2c3[c-]c(Oc4[c-]c(N5[CH-]N(c6c(-c7ccccc7)cccc6-c6ccc(C(C)(C)C)cc6)c6ccccc65)cc(C(C)(C)C)c4)ccc3c3ccccc32)ncc1-c1ccccc1.[Pt]. The molecule has 10 aromatic rings. The number of hydrogen-bond acceptors (Lipinski definition) is 4. The van der Waals surface area contributed by atoms with Crippen LogP contribution in [0.1, 0.15) is 62.3 Å². The maximum atomic E-state index is 8.58. The van der Waals surface area contributed by atoms with Gasteiger partial charge in [-0.05, 0) is 75.2 Å². The van der Waals surface area contributed by atoms with Crippen molar-refractivity contribution < 1.29 is 29.9 Å². The molecule has 0 aliphatic carbocycles. The summed E-state index contributed by atoms with van der Waals surface area (Å²) in [5.74, 6) is 1.50. The third-order valence-electron chi connectivity index (χ3n) is 13.0. The topological polar surface area (TPSA) is 33.5 Å². The second-order valence-corrected chi connectivity index (χ2v) is 19.6. The number of nitrogens with zero attached hydrogens (tertiary/aromatic N) is 4. The van der Waals surface area contributed by atoms with Crippen molar-refractivity contribution in [1.82, 2.24) is 9.55 Å². The average molecular weight is 1080 g/mol. The number of ether oxygens (including phenoxy) is 1. The zero-order valence-electron chi connectivity index (χ0n) is 42.5. The first kappa shape index (κ1) is 41.9. The van der Waals surface area contributed by atoms with E-state index in [0.29, 0.717) is 28.4 Å². The molecule has 0 N–H and O–H groups in total. The Morgan fingerprint density at radius 1 is 0.536 bits per heavy atom. The molecule has 0 saturated carbocycles. The molecule has 0 spiro atoms. The van der Waals surface area contributed by atoms with Gasteiger partial charge in [0, 0.05) is 82.1 Å². The van der Waals surface area contributed by atoms with E-state index in [9.17, 15) is 0 Å². The van der Waals surface area contributed by atoms with Crippen molar-refractivity contribution in [2.45, 2.75) is 59.2 Å². The molecule has 5 nitrogen and oxygen atoms in total. The fourth-order valence-corrected chi connectivity index (χ4v) is 9.37. The summed E-state index contributed by atoms with van der Waals surface area (Å²) in [5, 5.41) is 1.93. The van der Waals surface area contributed by atoms with Crippen molar-refractivity contribution in [3.63, 3.8) is 0 Å². The van der Waals surface area contributed by atoms with Crippen LogP contribution in [0.25, 0.3) is 61.0 Å². The molecule has 11 rings (SSSR count). The molecule has 2 aromatic heterocycles. The van der Waals surface area contributed by atoms with E-state index in [0.717, 1.165) is 72.4 Å². The minimum absolute atomic E-state index is 0. The summed E-state index contributed by atoms with van der Waals surface area (Å²) in [5.41, 5.74) is 13.8. The minimum atomic E-state index is -2.39. The maximum absolute atomic E-state index is 8.58. The van der Waals surface area contributed by atoms with E-state index < -0.39 is 6.85 Å². The molecule has 0 amide bonds. The molecule has 0 fully saturated rings. The van der Waals surface area contributed by atoms with Crippen molar-refractivity contribution in [3.8, 4) is 50.7 Å². The van der Waals surface area contributed by atoms with Crippen LogP contribution in [0, 0.1) is 25.7 Å². The second-order valence-electron chi connectivity index (χ2n) is 19.6. The Hall–Kier alpha value is -7.20. The zero-order valence-corrected chi connectivity index (χ0v) is 41.8. The van der Waals surface area contributed by atoms with Crippen LogP contribution < -0.4 is 14.5 Å². The third-order valence-corrected chi connectivity index (χ3v) is 13.0. The Labute approximate surface area is 425 Å². The van der Waals surface area contributed by atoms with Gasteiger partial charge in [0.1, 0.15) is 5.82 Å². The standard InChI is InChI=1S/C63H53N4O.Pt/c1-42-35-60(64-40-55(42)44-21-12-9-13-22-44)67-56-26-15-14-23-53(56)54-34-33-49(39-59(54)67)68-50-37-47(63(5,6)7)36-48(38-50)65-41-66(58-28-17-16-27-57(58)65)61-51(43-19-10-8-11-20-43)24-18-25-52(61)45-29-31-46(32-30-45)62(2,3)4;/h8-37,40-41H,1-7H3;/q-3;/i1D3;. The van der Waals surface area contributed by atoms with Gasteiger partial charge in [-0.25, -0.2) is 4.98 Å². The van der Waals surface area contributed by atoms with E-state index in [-0.39, 0.29) is 37.5 Å². The van der Waals surface area contributed by atoms with Crippen LogP contribution in [0.5, 0.6) is 11.5 Å². The molecule has 8 aromatic carbocycles. The van der Waals surface area contributed by atoms with E-state index in [1.807, 2.05) is 65.2 Å². The van der Waals surface area contributed by atoms with E-state index in [1.165, 1.54) is 5.56 Å². The molecule has 0 bridgehead atoms. The van der Waals surface area contributed by atoms with Crippen LogP contribution in [0.4, 0.5) is 22.7 Å². The predicted octanol–water partition coefficient (Wildman–Crippen LogP) is 16.9. The van der Waals surface area contributed by atoms with Crippen LogP contribution in [0.3, 0.4) is 0 Å². The van der Waals surface area contributed by atoms with Crippen molar-refractivity contribution in [2.24, 2.45) is 0 Å². The smallest absolute Gasteiger partial charge is 0.135 e. The van der Waals surface area contributed by atoms with Crippen LogP contribution in [-0.4, -0.2) is 9.55 Å². The van der Waals surface area contributed by atoms with Crippen LogP contribution in [0.2, 0.25) is 0 Å². The Bertz CT molecular complexity index is 3610. The number of benzene rings is 8. The largest absolute Gasteiger partial charge is 0.509 e.